The van der Waals surface area contributed by atoms with Crippen molar-refractivity contribution in [3.8, 4) is 5.75 Å². The number of nitrogens with zero attached hydrogens (tertiary/aromatic N) is 2. The highest BCUT2D eigenvalue weighted by Crippen LogP contribution is 2.33. The van der Waals surface area contributed by atoms with Crippen molar-refractivity contribution in [2.24, 2.45) is 12.8 Å². The Kier molecular flexibility index (Phi) is 3.17. The van der Waals surface area contributed by atoms with Crippen LogP contribution in [0.15, 0.2) is 10.6 Å². The maximum atomic E-state index is 6.35. The molecular weight excluding hydrogens is 230 g/mol. The predicted molar refractivity (Wildman–Crippen MR) is 68.7 cm³/mol. The zero-order chi connectivity index (χ0) is 13.4. The summed E-state index contributed by atoms with van der Waals surface area (Å²) in [4.78, 5) is 0. The van der Waals surface area contributed by atoms with Gasteiger partial charge in [-0.3, -0.25) is 4.68 Å². The number of hydrogen-bond donors (Lipinski definition) is 1. The molecule has 2 aromatic rings. The molecule has 0 bridgehead atoms. The van der Waals surface area contributed by atoms with Crippen molar-refractivity contribution < 1.29 is 9.15 Å². The molecule has 0 aliphatic heterocycles. The number of aryl methyl sites for hydroxylation is 3. The van der Waals surface area contributed by atoms with Crippen molar-refractivity contribution in [1.82, 2.24) is 9.78 Å². The van der Waals surface area contributed by atoms with E-state index in [1.807, 2.05) is 27.8 Å². The summed E-state index contributed by atoms with van der Waals surface area (Å²) < 4.78 is 12.7. The van der Waals surface area contributed by atoms with Crippen molar-refractivity contribution in [2.75, 3.05) is 7.11 Å². The van der Waals surface area contributed by atoms with E-state index < -0.39 is 0 Å². The second-order valence-corrected chi connectivity index (χ2v) is 4.45. The third-order valence-corrected chi connectivity index (χ3v) is 3.39. The summed E-state index contributed by atoms with van der Waals surface area (Å²) in [7, 11) is 3.48. The molecule has 2 aromatic heterocycles. The molecule has 0 saturated heterocycles. The number of furan rings is 1. The Balaban J connectivity index is 2.54. The van der Waals surface area contributed by atoms with Crippen LogP contribution in [0.1, 0.15) is 34.4 Å². The average Bonchev–Trinajstić information content (AvgIpc) is 2.80. The Morgan fingerprint density at radius 2 is 2.00 bits per heavy atom. The summed E-state index contributed by atoms with van der Waals surface area (Å²) in [5, 5.41) is 4.18. The van der Waals surface area contributed by atoms with Crippen molar-refractivity contribution in [3.63, 3.8) is 0 Å². The highest BCUT2D eigenvalue weighted by atomic mass is 16.5. The first-order valence-electron chi connectivity index (χ1n) is 5.85. The van der Waals surface area contributed by atoms with Crippen molar-refractivity contribution >= 4 is 0 Å². The van der Waals surface area contributed by atoms with Gasteiger partial charge in [0.2, 0.25) is 0 Å². The maximum Gasteiger partial charge on any atom is 0.161 e. The summed E-state index contributed by atoms with van der Waals surface area (Å²) >= 11 is 0. The van der Waals surface area contributed by atoms with Crippen LogP contribution in [0.3, 0.4) is 0 Å². The van der Waals surface area contributed by atoms with Gasteiger partial charge >= 0.3 is 0 Å². The lowest BCUT2D eigenvalue weighted by Gasteiger charge is -2.14. The van der Waals surface area contributed by atoms with Crippen molar-refractivity contribution in [2.45, 2.75) is 26.8 Å². The van der Waals surface area contributed by atoms with Gasteiger partial charge in [-0.1, -0.05) is 0 Å². The van der Waals surface area contributed by atoms with Gasteiger partial charge in [-0.15, -0.1) is 0 Å². The van der Waals surface area contributed by atoms with E-state index in [1.165, 1.54) is 0 Å². The minimum Gasteiger partial charge on any atom is -0.493 e. The number of methoxy groups -OCH3 is 1. The molecule has 0 aliphatic carbocycles. The molecule has 0 amide bonds. The monoisotopic (exact) mass is 249 g/mol. The van der Waals surface area contributed by atoms with E-state index in [2.05, 4.69) is 5.10 Å². The molecule has 0 aromatic carbocycles. The zero-order valence-corrected chi connectivity index (χ0v) is 11.4. The summed E-state index contributed by atoms with van der Waals surface area (Å²) in [6.07, 6.45) is 1.67. The lowest BCUT2D eigenvalue weighted by Crippen LogP contribution is -2.18. The van der Waals surface area contributed by atoms with Crippen LogP contribution < -0.4 is 10.5 Å². The molecule has 2 N–H and O–H groups in total. The van der Waals surface area contributed by atoms with E-state index in [4.69, 9.17) is 14.9 Å². The van der Waals surface area contributed by atoms with Crippen LogP contribution in [0.2, 0.25) is 0 Å². The first kappa shape index (κ1) is 12.7. The number of aromatic nitrogens is 2. The number of rotatable bonds is 3. The molecular formula is C13H19N3O2. The van der Waals surface area contributed by atoms with Gasteiger partial charge in [-0.05, 0) is 26.3 Å². The highest BCUT2D eigenvalue weighted by molar-refractivity contribution is 5.42. The first-order chi connectivity index (χ1) is 8.47. The molecule has 2 heterocycles. The largest absolute Gasteiger partial charge is 0.493 e. The quantitative estimate of drug-likeness (QED) is 0.903. The van der Waals surface area contributed by atoms with Crippen LogP contribution in [-0.4, -0.2) is 16.9 Å². The van der Waals surface area contributed by atoms with Gasteiger partial charge in [0.1, 0.15) is 17.2 Å². The Morgan fingerprint density at radius 1 is 1.33 bits per heavy atom. The summed E-state index contributed by atoms with van der Waals surface area (Å²) in [6.45, 7) is 5.89. The molecule has 5 heteroatoms. The van der Waals surface area contributed by atoms with Gasteiger partial charge in [0.15, 0.2) is 5.75 Å². The molecule has 1 unspecified atom stereocenters. The van der Waals surface area contributed by atoms with Gasteiger partial charge in [0.05, 0.1) is 19.3 Å². The standard InChI is InChI=1S/C13H19N3O2/c1-7-8(2)18-9(3)11(7)12(14)13-10(17-5)6-15-16(13)4/h6,12H,14H2,1-5H3. The smallest absolute Gasteiger partial charge is 0.161 e. The van der Waals surface area contributed by atoms with Crippen LogP contribution >= 0.6 is 0 Å². The first-order valence-corrected chi connectivity index (χ1v) is 5.85. The second-order valence-electron chi connectivity index (χ2n) is 4.45. The van der Waals surface area contributed by atoms with Crippen LogP contribution in [-0.2, 0) is 7.05 Å². The molecule has 18 heavy (non-hydrogen) atoms. The molecule has 0 spiro atoms. The molecule has 2 rings (SSSR count). The average molecular weight is 249 g/mol. The fourth-order valence-corrected chi connectivity index (χ4v) is 2.34. The Bertz CT molecular complexity index is 569. The predicted octanol–water partition coefficient (Wildman–Crippen LogP) is 2.00. The molecule has 0 radical (unpaired) electrons. The lowest BCUT2D eigenvalue weighted by molar-refractivity contribution is 0.405. The maximum absolute atomic E-state index is 6.35. The minimum absolute atomic E-state index is 0.301. The molecule has 0 saturated carbocycles. The number of nitrogens with two attached hydrogens (primary N) is 1. The number of ether oxygens (including phenoxy) is 1. The summed E-state index contributed by atoms with van der Waals surface area (Å²) in [5.41, 5.74) is 9.30. The SMILES string of the molecule is COc1cnn(C)c1C(N)c1c(C)oc(C)c1C. The summed E-state index contributed by atoms with van der Waals surface area (Å²) in [5.74, 6) is 2.45. The van der Waals surface area contributed by atoms with Gasteiger partial charge in [-0.2, -0.15) is 5.10 Å². The minimum atomic E-state index is -0.301. The lowest BCUT2D eigenvalue weighted by atomic mass is 10.00. The van der Waals surface area contributed by atoms with Crippen LogP contribution in [0.5, 0.6) is 5.75 Å². The van der Waals surface area contributed by atoms with E-state index in [-0.39, 0.29) is 6.04 Å². The van der Waals surface area contributed by atoms with E-state index in [9.17, 15) is 0 Å². The van der Waals surface area contributed by atoms with Crippen LogP contribution in [0.25, 0.3) is 0 Å². The molecule has 0 aliphatic rings. The topological polar surface area (TPSA) is 66.2 Å². The van der Waals surface area contributed by atoms with Gasteiger partial charge in [0.25, 0.3) is 0 Å². The molecule has 0 fully saturated rings. The van der Waals surface area contributed by atoms with Crippen LogP contribution in [0, 0.1) is 20.8 Å². The molecule has 5 nitrogen and oxygen atoms in total. The van der Waals surface area contributed by atoms with Crippen LogP contribution in [0.4, 0.5) is 0 Å². The highest BCUT2D eigenvalue weighted by Gasteiger charge is 2.24. The van der Waals surface area contributed by atoms with Crippen molar-refractivity contribution in [1.29, 1.82) is 0 Å². The Hall–Kier alpha value is -1.75. The van der Waals surface area contributed by atoms with Gasteiger partial charge in [0, 0.05) is 12.6 Å². The van der Waals surface area contributed by atoms with E-state index >= 15 is 0 Å². The molecule has 98 valence electrons. The third kappa shape index (κ3) is 1.80. The Labute approximate surface area is 107 Å². The second kappa shape index (κ2) is 4.49. The molecule has 1 atom stereocenters. The summed E-state index contributed by atoms with van der Waals surface area (Å²) in [6, 6.07) is -0.301. The van der Waals surface area contributed by atoms with E-state index in [1.54, 1.807) is 18.0 Å². The Morgan fingerprint density at radius 3 is 2.50 bits per heavy atom. The van der Waals surface area contributed by atoms with Gasteiger partial charge < -0.3 is 14.9 Å². The van der Waals surface area contributed by atoms with Gasteiger partial charge in [-0.25, -0.2) is 0 Å². The van der Waals surface area contributed by atoms with Crippen molar-refractivity contribution in [3.05, 3.63) is 34.5 Å². The zero-order valence-electron chi connectivity index (χ0n) is 11.4. The fourth-order valence-electron chi connectivity index (χ4n) is 2.34. The third-order valence-electron chi connectivity index (χ3n) is 3.39. The van der Waals surface area contributed by atoms with E-state index in [0.29, 0.717) is 5.75 Å². The van der Waals surface area contributed by atoms with E-state index in [0.717, 1.165) is 28.3 Å². The fraction of sp³-hybridized carbons (Fsp3) is 0.462. The normalized spacial score (nSPS) is 12.8. The number of hydrogen-bond acceptors (Lipinski definition) is 4.